The van der Waals surface area contributed by atoms with Crippen molar-refractivity contribution in [1.29, 1.82) is 0 Å². The number of nitrogens with one attached hydrogen (secondary N) is 1. The number of carbonyl (C=O) groups excluding carboxylic acids is 1. The van der Waals surface area contributed by atoms with Gasteiger partial charge in [0.25, 0.3) is 0 Å². The van der Waals surface area contributed by atoms with E-state index < -0.39 is 0 Å². The Morgan fingerprint density at radius 3 is 2.90 bits per heavy atom. The van der Waals surface area contributed by atoms with Crippen LogP contribution in [-0.4, -0.2) is 29.4 Å². The van der Waals surface area contributed by atoms with Crippen LogP contribution in [0.5, 0.6) is 0 Å². The van der Waals surface area contributed by atoms with Crippen LogP contribution in [0.3, 0.4) is 0 Å². The highest BCUT2D eigenvalue weighted by Crippen LogP contribution is 2.27. The van der Waals surface area contributed by atoms with Gasteiger partial charge in [-0.1, -0.05) is 30.3 Å². The van der Waals surface area contributed by atoms with Gasteiger partial charge in [-0.2, -0.15) is 0 Å². The van der Waals surface area contributed by atoms with E-state index in [-0.39, 0.29) is 18.3 Å². The monoisotopic (exact) mass is 323 g/mol. The number of fused-ring (bicyclic) bond motifs is 1. The van der Waals surface area contributed by atoms with Gasteiger partial charge in [-0.15, -0.1) is 23.7 Å². The molecule has 2 heterocycles. The second-order valence-electron chi connectivity index (χ2n) is 5.09. The van der Waals surface area contributed by atoms with Crippen LogP contribution in [0.2, 0.25) is 0 Å². The number of amides is 1. The molecule has 1 aromatic heterocycles. The first-order valence-corrected chi connectivity index (χ1v) is 7.53. The predicted molar refractivity (Wildman–Crippen MR) is 88.2 cm³/mol. The zero-order valence-electron chi connectivity index (χ0n) is 11.8. The molecule has 1 aliphatic heterocycles. The number of aromatic nitrogens is 1. The molecule has 0 radical (unpaired) electrons. The molecule has 0 saturated carbocycles. The fourth-order valence-electron chi connectivity index (χ4n) is 2.32. The Bertz CT molecular complexity index is 615. The molecule has 0 atom stereocenters. The predicted octanol–water partition coefficient (Wildman–Crippen LogP) is 2.73. The van der Waals surface area contributed by atoms with Crippen molar-refractivity contribution in [3.8, 4) is 0 Å². The van der Waals surface area contributed by atoms with Crippen LogP contribution in [0.25, 0.3) is 0 Å². The van der Waals surface area contributed by atoms with Crippen LogP contribution in [0.15, 0.2) is 30.3 Å². The summed E-state index contributed by atoms with van der Waals surface area (Å²) in [6.45, 7) is 1.97. The SMILES string of the molecule is CN1CCc2nc(NC(=O)Cc3ccccc3)sc2C1.Cl. The zero-order chi connectivity index (χ0) is 13.9. The number of benzene rings is 1. The third-order valence-electron chi connectivity index (χ3n) is 3.38. The highest BCUT2D eigenvalue weighted by atomic mass is 35.5. The zero-order valence-corrected chi connectivity index (χ0v) is 13.5. The van der Waals surface area contributed by atoms with Crippen LogP contribution in [-0.2, 0) is 24.2 Å². The summed E-state index contributed by atoms with van der Waals surface area (Å²) < 4.78 is 0. The standard InChI is InChI=1S/C15H17N3OS.ClH/c1-18-8-7-12-13(10-18)20-15(16-12)17-14(19)9-11-5-3-2-4-6-11;/h2-6H,7-10H2,1H3,(H,16,17,19);1H. The molecule has 1 amide bonds. The van der Waals surface area contributed by atoms with E-state index in [0.717, 1.165) is 35.9 Å². The minimum Gasteiger partial charge on any atom is -0.302 e. The van der Waals surface area contributed by atoms with Crippen molar-refractivity contribution in [1.82, 2.24) is 9.88 Å². The first-order valence-electron chi connectivity index (χ1n) is 6.71. The van der Waals surface area contributed by atoms with Crippen LogP contribution < -0.4 is 5.32 Å². The summed E-state index contributed by atoms with van der Waals surface area (Å²) >= 11 is 1.59. The Morgan fingerprint density at radius 2 is 2.14 bits per heavy atom. The Balaban J connectivity index is 0.00000161. The summed E-state index contributed by atoms with van der Waals surface area (Å²) in [5.41, 5.74) is 2.16. The highest BCUT2D eigenvalue weighted by molar-refractivity contribution is 7.15. The number of anilines is 1. The van der Waals surface area contributed by atoms with Gasteiger partial charge in [0, 0.05) is 24.4 Å². The second-order valence-corrected chi connectivity index (χ2v) is 6.17. The molecule has 4 nitrogen and oxygen atoms in total. The number of nitrogens with zero attached hydrogens (tertiary/aromatic N) is 2. The summed E-state index contributed by atoms with van der Waals surface area (Å²) in [5, 5.41) is 3.64. The normalized spacial score (nSPS) is 14.1. The van der Waals surface area contributed by atoms with E-state index in [9.17, 15) is 4.79 Å². The minimum atomic E-state index is -0.00403. The van der Waals surface area contributed by atoms with Crippen molar-refractivity contribution in [3.63, 3.8) is 0 Å². The van der Waals surface area contributed by atoms with Gasteiger partial charge < -0.3 is 10.2 Å². The number of hydrogen-bond donors (Lipinski definition) is 1. The Hall–Kier alpha value is -1.43. The maximum atomic E-state index is 12.0. The van der Waals surface area contributed by atoms with Crippen molar-refractivity contribution in [3.05, 3.63) is 46.5 Å². The number of carbonyl (C=O) groups is 1. The van der Waals surface area contributed by atoms with Crippen molar-refractivity contribution in [2.45, 2.75) is 19.4 Å². The van der Waals surface area contributed by atoms with Crippen molar-refractivity contribution in [2.75, 3.05) is 18.9 Å². The molecular weight excluding hydrogens is 306 g/mol. The van der Waals surface area contributed by atoms with Gasteiger partial charge in [0.05, 0.1) is 12.1 Å². The van der Waals surface area contributed by atoms with Crippen LogP contribution in [0.4, 0.5) is 5.13 Å². The third kappa shape index (κ3) is 4.03. The van der Waals surface area contributed by atoms with E-state index in [1.54, 1.807) is 11.3 Å². The highest BCUT2D eigenvalue weighted by Gasteiger charge is 2.19. The maximum absolute atomic E-state index is 12.0. The quantitative estimate of drug-likeness (QED) is 0.944. The van der Waals surface area contributed by atoms with E-state index in [2.05, 4.69) is 22.2 Å². The molecule has 0 spiro atoms. The first kappa shape index (κ1) is 15.9. The smallest absolute Gasteiger partial charge is 0.230 e. The molecule has 2 aromatic rings. The molecule has 0 saturated heterocycles. The number of likely N-dealkylation sites (N-methyl/N-ethyl adjacent to an activating group) is 1. The fraction of sp³-hybridized carbons (Fsp3) is 0.333. The van der Waals surface area contributed by atoms with Crippen LogP contribution >= 0.6 is 23.7 Å². The van der Waals surface area contributed by atoms with Gasteiger partial charge in [0.15, 0.2) is 5.13 Å². The summed E-state index contributed by atoms with van der Waals surface area (Å²) in [4.78, 5) is 20.1. The minimum absolute atomic E-state index is 0. The van der Waals surface area contributed by atoms with Gasteiger partial charge in [0.1, 0.15) is 0 Å². The summed E-state index contributed by atoms with van der Waals surface area (Å²) in [6, 6.07) is 9.76. The molecule has 6 heteroatoms. The molecular formula is C15H18ClN3OS. The van der Waals surface area contributed by atoms with Gasteiger partial charge in [-0.25, -0.2) is 4.98 Å². The van der Waals surface area contributed by atoms with Crippen LogP contribution in [0, 0.1) is 0 Å². The second kappa shape index (κ2) is 7.02. The Kier molecular flexibility index (Phi) is 5.33. The van der Waals surface area contributed by atoms with Gasteiger partial charge >= 0.3 is 0 Å². The van der Waals surface area contributed by atoms with E-state index >= 15 is 0 Å². The van der Waals surface area contributed by atoms with Crippen molar-refractivity contribution in [2.24, 2.45) is 0 Å². The lowest BCUT2D eigenvalue weighted by Crippen LogP contribution is -2.25. The number of hydrogen-bond acceptors (Lipinski definition) is 4. The lowest BCUT2D eigenvalue weighted by atomic mass is 10.1. The van der Waals surface area contributed by atoms with E-state index in [1.807, 2.05) is 30.3 Å². The Labute approximate surface area is 134 Å². The molecule has 3 rings (SSSR count). The van der Waals surface area contributed by atoms with E-state index in [0.29, 0.717) is 6.42 Å². The summed E-state index contributed by atoms with van der Waals surface area (Å²) in [6.07, 6.45) is 1.36. The topological polar surface area (TPSA) is 45.2 Å². The molecule has 0 aliphatic carbocycles. The van der Waals surface area contributed by atoms with Gasteiger partial charge in [-0.3, -0.25) is 4.79 Å². The molecule has 112 valence electrons. The molecule has 1 aromatic carbocycles. The first-order chi connectivity index (χ1) is 9.70. The Morgan fingerprint density at radius 1 is 1.38 bits per heavy atom. The van der Waals surface area contributed by atoms with Gasteiger partial charge in [0.2, 0.25) is 5.91 Å². The molecule has 0 unspecified atom stereocenters. The lowest BCUT2D eigenvalue weighted by molar-refractivity contribution is -0.115. The fourth-order valence-corrected chi connectivity index (χ4v) is 3.43. The maximum Gasteiger partial charge on any atom is 0.230 e. The van der Waals surface area contributed by atoms with Crippen LogP contribution in [0.1, 0.15) is 16.1 Å². The molecule has 1 aliphatic rings. The molecule has 0 fully saturated rings. The van der Waals surface area contributed by atoms with Crippen molar-refractivity contribution >= 4 is 34.8 Å². The van der Waals surface area contributed by atoms with E-state index in [4.69, 9.17) is 0 Å². The molecule has 1 N–H and O–H groups in total. The number of rotatable bonds is 3. The molecule has 21 heavy (non-hydrogen) atoms. The average Bonchev–Trinajstić information content (AvgIpc) is 2.80. The number of thiazole rings is 1. The largest absolute Gasteiger partial charge is 0.302 e. The van der Waals surface area contributed by atoms with E-state index in [1.165, 1.54) is 4.88 Å². The summed E-state index contributed by atoms with van der Waals surface area (Å²) in [7, 11) is 2.11. The number of halogens is 1. The van der Waals surface area contributed by atoms with Crippen molar-refractivity contribution < 1.29 is 4.79 Å². The molecule has 0 bridgehead atoms. The average molecular weight is 324 g/mol. The lowest BCUT2D eigenvalue weighted by Gasteiger charge is -2.20. The summed E-state index contributed by atoms with van der Waals surface area (Å²) in [5.74, 6) is -0.00403. The third-order valence-corrected chi connectivity index (χ3v) is 4.37. The van der Waals surface area contributed by atoms with Gasteiger partial charge in [-0.05, 0) is 12.6 Å².